The molecule has 4 rings (SSSR count). The largest absolute Gasteiger partial charge is 0.378 e. The maximum atomic E-state index is 13.0. The second-order valence-electron chi connectivity index (χ2n) is 6.44. The van der Waals surface area contributed by atoms with Gasteiger partial charge >= 0.3 is 0 Å². The monoisotopic (exact) mass is 346 g/mol. The number of amides is 1. The summed E-state index contributed by atoms with van der Waals surface area (Å²) in [5.41, 5.74) is 2.49. The number of fused-ring (bicyclic) bond motifs is 1. The Morgan fingerprint density at radius 2 is 2.17 bits per heavy atom. The molecule has 1 atom stereocenters. The fourth-order valence-corrected chi connectivity index (χ4v) is 4.15. The molecule has 4 heterocycles. The van der Waals surface area contributed by atoms with Crippen molar-refractivity contribution >= 4 is 17.2 Å². The first-order valence-corrected chi connectivity index (χ1v) is 9.34. The standard InChI is InChI=1S/C17H22N4O2S/c22-17(20-4-6-23-7-5-20)15-10-19(9-14-2-8-24-13-14)12-16-1-3-18-21(16)11-15/h1-3,8,13,15H,4-7,9-12H2. The molecule has 1 saturated heterocycles. The van der Waals surface area contributed by atoms with Gasteiger partial charge < -0.3 is 9.64 Å². The van der Waals surface area contributed by atoms with Crippen molar-refractivity contribution in [1.29, 1.82) is 0 Å². The summed E-state index contributed by atoms with van der Waals surface area (Å²) in [6.07, 6.45) is 1.83. The molecular weight excluding hydrogens is 324 g/mol. The van der Waals surface area contributed by atoms with Crippen LogP contribution in [-0.2, 0) is 29.2 Å². The molecule has 1 amide bonds. The van der Waals surface area contributed by atoms with Gasteiger partial charge in [0, 0.05) is 38.9 Å². The summed E-state index contributed by atoms with van der Waals surface area (Å²) in [5.74, 6) is 0.180. The molecule has 2 aromatic heterocycles. The molecule has 1 fully saturated rings. The summed E-state index contributed by atoms with van der Waals surface area (Å²) in [7, 11) is 0. The van der Waals surface area contributed by atoms with Gasteiger partial charge in [-0.2, -0.15) is 16.4 Å². The number of hydrogen-bond acceptors (Lipinski definition) is 5. The number of nitrogens with zero attached hydrogens (tertiary/aromatic N) is 4. The summed E-state index contributed by atoms with van der Waals surface area (Å²) in [4.78, 5) is 17.3. The molecule has 1 unspecified atom stereocenters. The average Bonchev–Trinajstić information content (AvgIpc) is 3.24. The first-order chi connectivity index (χ1) is 11.8. The highest BCUT2D eigenvalue weighted by molar-refractivity contribution is 7.07. The lowest BCUT2D eigenvalue weighted by atomic mass is 10.1. The highest BCUT2D eigenvalue weighted by Gasteiger charge is 2.31. The van der Waals surface area contributed by atoms with Crippen LogP contribution in [0.15, 0.2) is 29.1 Å². The number of ether oxygens (including phenoxy) is 1. The molecule has 0 aliphatic carbocycles. The lowest BCUT2D eigenvalue weighted by molar-refractivity contribution is -0.140. The van der Waals surface area contributed by atoms with E-state index in [1.165, 1.54) is 11.3 Å². The minimum absolute atomic E-state index is 0.0529. The van der Waals surface area contributed by atoms with E-state index in [1.54, 1.807) is 11.3 Å². The van der Waals surface area contributed by atoms with Gasteiger partial charge in [0.2, 0.25) is 5.91 Å². The SMILES string of the molecule is O=C(C1CN(Cc2ccsc2)Cc2ccnn2C1)N1CCOCC1. The normalized spacial score (nSPS) is 22.2. The third-order valence-corrected chi connectivity index (χ3v) is 5.45. The third-order valence-electron chi connectivity index (χ3n) is 4.72. The number of thiophene rings is 1. The quantitative estimate of drug-likeness (QED) is 0.844. The van der Waals surface area contributed by atoms with Crippen LogP contribution < -0.4 is 0 Å². The summed E-state index contributed by atoms with van der Waals surface area (Å²) < 4.78 is 7.37. The van der Waals surface area contributed by atoms with Crippen LogP contribution in [-0.4, -0.2) is 58.3 Å². The number of carbonyl (C=O) groups excluding carboxylic acids is 1. The number of aromatic nitrogens is 2. The van der Waals surface area contributed by atoms with Crippen molar-refractivity contribution < 1.29 is 9.53 Å². The summed E-state index contributed by atoms with van der Waals surface area (Å²) in [5, 5.41) is 8.71. The van der Waals surface area contributed by atoms with E-state index < -0.39 is 0 Å². The van der Waals surface area contributed by atoms with E-state index in [2.05, 4.69) is 32.9 Å². The van der Waals surface area contributed by atoms with Gasteiger partial charge in [-0.1, -0.05) is 0 Å². The van der Waals surface area contributed by atoms with Crippen molar-refractivity contribution in [3.63, 3.8) is 0 Å². The van der Waals surface area contributed by atoms with E-state index in [9.17, 15) is 4.79 Å². The Hall–Kier alpha value is -1.70. The van der Waals surface area contributed by atoms with Crippen molar-refractivity contribution in [2.75, 3.05) is 32.8 Å². The highest BCUT2D eigenvalue weighted by Crippen LogP contribution is 2.21. The Morgan fingerprint density at radius 3 is 2.96 bits per heavy atom. The van der Waals surface area contributed by atoms with Crippen LogP contribution in [0.3, 0.4) is 0 Å². The molecule has 0 bridgehead atoms. The molecule has 128 valence electrons. The zero-order valence-corrected chi connectivity index (χ0v) is 14.5. The summed E-state index contributed by atoms with van der Waals surface area (Å²) in [6.45, 7) is 5.84. The van der Waals surface area contributed by atoms with Crippen molar-refractivity contribution in [3.05, 3.63) is 40.3 Å². The molecule has 0 saturated carbocycles. The number of carbonyl (C=O) groups is 1. The predicted molar refractivity (Wildman–Crippen MR) is 91.5 cm³/mol. The van der Waals surface area contributed by atoms with Gasteiger partial charge in [0.25, 0.3) is 0 Å². The Labute approximate surface area is 145 Å². The highest BCUT2D eigenvalue weighted by atomic mass is 32.1. The topological polar surface area (TPSA) is 50.6 Å². The van der Waals surface area contributed by atoms with Gasteiger partial charge in [0.15, 0.2) is 0 Å². The van der Waals surface area contributed by atoms with E-state index >= 15 is 0 Å². The average molecular weight is 346 g/mol. The Kier molecular flexibility index (Phi) is 4.64. The van der Waals surface area contributed by atoms with Crippen LogP contribution in [0.4, 0.5) is 0 Å². The molecule has 6 nitrogen and oxygen atoms in total. The molecule has 0 N–H and O–H groups in total. The second kappa shape index (κ2) is 7.04. The van der Waals surface area contributed by atoms with E-state index in [4.69, 9.17) is 4.74 Å². The molecular formula is C17H22N4O2S. The van der Waals surface area contributed by atoms with Crippen LogP contribution in [0.25, 0.3) is 0 Å². The van der Waals surface area contributed by atoms with Crippen LogP contribution in [0, 0.1) is 5.92 Å². The van der Waals surface area contributed by atoms with Gasteiger partial charge in [0.05, 0.1) is 31.4 Å². The third kappa shape index (κ3) is 3.38. The predicted octanol–water partition coefficient (Wildman–Crippen LogP) is 1.44. The van der Waals surface area contributed by atoms with Gasteiger partial charge in [-0.25, -0.2) is 0 Å². The summed E-state index contributed by atoms with van der Waals surface area (Å²) in [6, 6.07) is 4.22. The van der Waals surface area contributed by atoms with Crippen LogP contribution in [0.2, 0.25) is 0 Å². The van der Waals surface area contributed by atoms with Crippen molar-refractivity contribution in [2.24, 2.45) is 5.92 Å². The maximum Gasteiger partial charge on any atom is 0.229 e. The fraction of sp³-hybridized carbons (Fsp3) is 0.529. The Balaban J connectivity index is 1.53. The molecule has 7 heteroatoms. The van der Waals surface area contributed by atoms with Crippen LogP contribution in [0.1, 0.15) is 11.3 Å². The van der Waals surface area contributed by atoms with Crippen LogP contribution in [0.5, 0.6) is 0 Å². The first kappa shape index (κ1) is 15.8. The maximum absolute atomic E-state index is 13.0. The molecule has 0 aromatic carbocycles. The first-order valence-electron chi connectivity index (χ1n) is 8.40. The lowest BCUT2D eigenvalue weighted by Crippen LogP contribution is -2.46. The Bertz CT molecular complexity index is 679. The number of rotatable bonds is 3. The van der Waals surface area contributed by atoms with E-state index in [-0.39, 0.29) is 11.8 Å². The van der Waals surface area contributed by atoms with Gasteiger partial charge in [-0.15, -0.1) is 0 Å². The van der Waals surface area contributed by atoms with Crippen molar-refractivity contribution in [3.8, 4) is 0 Å². The van der Waals surface area contributed by atoms with E-state index in [1.807, 2.05) is 15.8 Å². The molecule has 24 heavy (non-hydrogen) atoms. The molecule has 0 spiro atoms. The number of hydrogen-bond donors (Lipinski definition) is 0. The van der Waals surface area contributed by atoms with E-state index in [0.29, 0.717) is 32.8 Å². The molecule has 2 aliphatic heterocycles. The summed E-state index contributed by atoms with van der Waals surface area (Å²) >= 11 is 1.72. The minimum atomic E-state index is -0.0529. The van der Waals surface area contributed by atoms with Crippen molar-refractivity contribution in [2.45, 2.75) is 19.6 Å². The molecule has 2 aliphatic rings. The van der Waals surface area contributed by atoms with Crippen molar-refractivity contribution in [1.82, 2.24) is 19.6 Å². The van der Waals surface area contributed by atoms with Crippen LogP contribution >= 0.6 is 11.3 Å². The van der Waals surface area contributed by atoms with Gasteiger partial charge in [0.1, 0.15) is 0 Å². The minimum Gasteiger partial charge on any atom is -0.378 e. The zero-order valence-electron chi connectivity index (χ0n) is 13.6. The van der Waals surface area contributed by atoms with Gasteiger partial charge in [-0.3, -0.25) is 14.4 Å². The number of morpholine rings is 1. The second-order valence-corrected chi connectivity index (χ2v) is 7.22. The zero-order chi connectivity index (χ0) is 16.4. The van der Waals surface area contributed by atoms with Gasteiger partial charge in [-0.05, 0) is 28.5 Å². The molecule has 0 radical (unpaired) electrons. The molecule has 2 aromatic rings. The smallest absolute Gasteiger partial charge is 0.229 e. The lowest BCUT2D eigenvalue weighted by Gasteiger charge is -2.31. The fourth-order valence-electron chi connectivity index (χ4n) is 3.49. The Morgan fingerprint density at radius 1 is 1.29 bits per heavy atom. The van der Waals surface area contributed by atoms with E-state index in [0.717, 1.165) is 19.6 Å².